The standard InChI is InChI=1S/C11H13ClN2O3S/c1-7(2)17-11-13-18(15,16)10-6-8(12)4-5-9(10)14(11)3/h4-7H,1-3H3. The van der Waals surface area contributed by atoms with Crippen molar-refractivity contribution >= 4 is 33.3 Å². The molecule has 1 heterocycles. The smallest absolute Gasteiger partial charge is 0.308 e. The van der Waals surface area contributed by atoms with Crippen LogP contribution in [0, 0.1) is 0 Å². The highest BCUT2D eigenvalue weighted by Crippen LogP contribution is 2.33. The number of ether oxygens (including phenoxy) is 1. The van der Waals surface area contributed by atoms with Crippen molar-refractivity contribution in [1.29, 1.82) is 0 Å². The van der Waals surface area contributed by atoms with Gasteiger partial charge < -0.3 is 4.74 Å². The van der Waals surface area contributed by atoms with Crippen LogP contribution < -0.4 is 4.90 Å². The second-order valence-corrected chi connectivity index (χ2v) is 6.20. The Labute approximate surface area is 111 Å². The van der Waals surface area contributed by atoms with E-state index in [1.807, 2.05) is 0 Å². The lowest BCUT2D eigenvalue weighted by atomic mass is 10.3. The highest BCUT2D eigenvalue weighted by molar-refractivity contribution is 7.90. The number of halogens is 1. The molecular weight excluding hydrogens is 276 g/mol. The highest BCUT2D eigenvalue weighted by Gasteiger charge is 2.30. The van der Waals surface area contributed by atoms with Crippen molar-refractivity contribution in [2.24, 2.45) is 4.40 Å². The van der Waals surface area contributed by atoms with E-state index in [0.717, 1.165) is 0 Å². The SMILES string of the molecule is CC(C)OC1=NS(=O)(=O)c2cc(Cl)ccc2N1C. The van der Waals surface area contributed by atoms with Crippen molar-refractivity contribution in [3.8, 4) is 0 Å². The van der Waals surface area contributed by atoms with Crippen molar-refractivity contribution in [3.05, 3.63) is 23.2 Å². The van der Waals surface area contributed by atoms with Gasteiger partial charge in [-0.25, -0.2) is 0 Å². The van der Waals surface area contributed by atoms with Crippen LogP contribution >= 0.6 is 11.6 Å². The van der Waals surface area contributed by atoms with Crippen LogP contribution in [0.5, 0.6) is 0 Å². The van der Waals surface area contributed by atoms with Crippen LogP contribution in [0.2, 0.25) is 5.02 Å². The molecule has 0 fully saturated rings. The Morgan fingerprint density at radius 2 is 2.06 bits per heavy atom. The molecular formula is C11H13ClN2O3S. The Bertz CT molecular complexity index is 611. The quantitative estimate of drug-likeness (QED) is 0.795. The third kappa shape index (κ3) is 2.30. The molecule has 0 radical (unpaired) electrons. The molecule has 7 heteroatoms. The molecule has 1 aromatic carbocycles. The minimum absolute atomic E-state index is 0.0693. The van der Waals surface area contributed by atoms with E-state index in [1.54, 1.807) is 37.9 Å². The van der Waals surface area contributed by atoms with Gasteiger partial charge in [-0.3, -0.25) is 4.90 Å². The van der Waals surface area contributed by atoms with Gasteiger partial charge >= 0.3 is 6.02 Å². The Hall–Kier alpha value is -1.27. The summed E-state index contributed by atoms with van der Waals surface area (Å²) in [4.78, 5) is 1.68. The molecule has 0 amide bonds. The number of hydrogen-bond acceptors (Lipinski definition) is 4. The Kier molecular flexibility index (Phi) is 3.25. The molecule has 0 N–H and O–H groups in total. The van der Waals surface area contributed by atoms with E-state index < -0.39 is 10.0 Å². The summed E-state index contributed by atoms with van der Waals surface area (Å²) in [5.74, 6) is 0. The van der Waals surface area contributed by atoms with Crippen LogP contribution in [0.3, 0.4) is 0 Å². The molecule has 2 rings (SSSR count). The van der Waals surface area contributed by atoms with Gasteiger partial charge in [-0.05, 0) is 32.0 Å². The van der Waals surface area contributed by atoms with Crippen molar-refractivity contribution in [3.63, 3.8) is 0 Å². The topological polar surface area (TPSA) is 59.0 Å². The third-order valence-electron chi connectivity index (χ3n) is 2.39. The molecule has 1 aromatic rings. The zero-order valence-electron chi connectivity index (χ0n) is 10.2. The van der Waals surface area contributed by atoms with Crippen LogP contribution in [0.25, 0.3) is 0 Å². The van der Waals surface area contributed by atoms with E-state index in [0.29, 0.717) is 10.7 Å². The summed E-state index contributed by atoms with van der Waals surface area (Å²) >= 11 is 5.81. The van der Waals surface area contributed by atoms with Gasteiger partial charge in [0.05, 0.1) is 11.8 Å². The van der Waals surface area contributed by atoms with E-state index in [2.05, 4.69) is 4.40 Å². The number of hydrogen-bond donors (Lipinski definition) is 0. The van der Waals surface area contributed by atoms with Gasteiger partial charge in [0, 0.05) is 12.1 Å². The number of nitrogens with zero attached hydrogens (tertiary/aromatic N) is 2. The van der Waals surface area contributed by atoms with E-state index >= 15 is 0 Å². The van der Waals surface area contributed by atoms with Crippen molar-refractivity contribution in [1.82, 2.24) is 0 Å². The predicted molar refractivity (Wildman–Crippen MR) is 70.7 cm³/mol. The molecule has 5 nitrogen and oxygen atoms in total. The summed E-state index contributed by atoms with van der Waals surface area (Å²) in [6.45, 7) is 3.61. The Balaban J connectivity index is 2.57. The number of sulfonamides is 1. The number of fused-ring (bicyclic) bond motifs is 1. The first-order valence-corrected chi connectivity index (χ1v) is 7.18. The van der Waals surface area contributed by atoms with Crippen molar-refractivity contribution < 1.29 is 13.2 Å². The fourth-order valence-corrected chi connectivity index (χ4v) is 3.05. The molecule has 1 aliphatic heterocycles. The van der Waals surface area contributed by atoms with Crippen LogP contribution in [-0.2, 0) is 14.8 Å². The zero-order chi connectivity index (χ0) is 13.5. The van der Waals surface area contributed by atoms with Crippen molar-refractivity contribution in [2.45, 2.75) is 24.8 Å². The molecule has 0 bridgehead atoms. The summed E-state index contributed by atoms with van der Waals surface area (Å²) in [5, 5.41) is 0.356. The van der Waals surface area contributed by atoms with Crippen LogP contribution in [-0.4, -0.2) is 27.6 Å². The largest absolute Gasteiger partial charge is 0.461 e. The minimum Gasteiger partial charge on any atom is -0.461 e. The summed E-state index contributed by atoms with van der Waals surface area (Å²) in [6, 6.07) is 4.72. The minimum atomic E-state index is -3.76. The number of amidine groups is 1. The van der Waals surface area contributed by atoms with Gasteiger partial charge in [0.2, 0.25) is 0 Å². The van der Waals surface area contributed by atoms with E-state index in [4.69, 9.17) is 16.3 Å². The van der Waals surface area contributed by atoms with Crippen LogP contribution in [0.4, 0.5) is 5.69 Å². The summed E-state index contributed by atoms with van der Waals surface area (Å²) in [6.07, 6.45) is -0.157. The highest BCUT2D eigenvalue weighted by atomic mass is 35.5. The average Bonchev–Trinajstić information content (AvgIpc) is 2.24. The molecule has 0 atom stereocenters. The fraction of sp³-hybridized carbons (Fsp3) is 0.364. The van der Waals surface area contributed by atoms with Crippen LogP contribution in [0.15, 0.2) is 27.5 Å². The molecule has 0 aromatic heterocycles. The summed E-state index contributed by atoms with van der Waals surface area (Å²) < 4.78 is 33.1. The molecule has 18 heavy (non-hydrogen) atoms. The normalized spacial score (nSPS) is 17.4. The molecule has 0 spiro atoms. The number of benzene rings is 1. The first kappa shape index (κ1) is 13.2. The average molecular weight is 289 g/mol. The Morgan fingerprint density at radius 1 is 1.39 bits per heavy atom. The molecule has 0 saturated carbocycles. The lowest BCUT2D eigenvalue weighted by molar-refractivity contribution is 0.223. The van der Waals surface area contributed by atoms with E-state index in [9.17, 15) is 8.42 Å². The van der Waals surface area contributed by atoms with E-state index in [1.165, 1.54) is 6.07 Å². The second-order valence-electron chi connectivity index (χ2n) is 4.19. The molecule has 98 valence electrons. The van der Waals surface area contributed by atoms with Gasteiger partial charge in [0.15, 0.2) is 0 Å². The zero-order valence-corrected chi connectivity index (χ0v) is 11.8. The first-order chi connectivity index (χ1) is 8.31. The first-order valence-electron chi connectivity index (χ1n) is 5.36. The number of anilines is 1. The number of rotatable bonds is 1. The summed E-state index contributed by atoms with van der Waals surface area (Å²) in [7, 11) is -2.06. The Morgan fingerprint density at radius 3 is 2.67 bits per heavy atom. The fourth-order valence-electron chi connectivity index (χ4n) is 1.60. The lowest BCUT2D eigenvalue weighted by Crippen LogP contribution is -2.35. The molecule has 0 saturated heterocycles. The van der Waals surface area contributed by atoms with Gasteiger partial charge in [-0.15, -0.1) is 4.40 Å². The van der Waals surface area contributed by atoms with Gasteiger partial charge in [-0.2, -0.15) is 8.42 Å². The third-order valence-corrected chi connectivity index (χ3v) is 3.90. The maximum absolute atomic E-state index is 12.0. The molecule has 0 unspecified atom stereocenters. The van der Waals surface area contributed by atoms with Gasteiger partial charge in [0.25, 0.3) is 10.0 Å². The second kappa shape index (κ2) is 4.44. The lowest BCUT2D eigenvalue weighted by Gasteiger charge is -2.27. The van der Waals surface area contributed by atoms with Crippen molar-refractivity contribution in [2.75, 3.05) is 11.9 Å². The van der Waals surface area contributed by atoms with Crippen LogP contribution in [0.1, 0.15) is 13.8 Å². The molecule has 0 aliphatic carbocycles. The summed E-state index contributed by atoms with van der Waals surface area (Å²) in [5.41, 5.74) is 0.505. The molecule has 1 aliphatic rings. The van der Waals surface area contributed by atoms with E-state index in [-0.39, 0.29) is 17.0 Å². The predicted octanol–water partition coefficient (Wildman–Crippen LogP) is 2.26. The van der Waals surface area contributed by atoms with Gasteiger partial charge in [0.1, 0.15) is 4.90 Å². The maximum atomic E-state index is 12.0. The van der Waals surface area contributed by atoms with Gasteiger partial charge in [-0.1, -0.05) is 11.6 Å². The maximum Gasteiger partial charge on any atom is 0.308 e. The monoisotopic (exact) mass is 288 g/mol.